The van der Waals surface area contributed by atoms with Crippen molar-refractivity contribution >= 4 is 43.1 Å². The van der Waals surface area contributed by atoms with Gasteiger partial charge in [0.05, 0.1) is 0 Å². The van der Waals surface area contributed by atoms with Crippen molar-refractivity contribution in [2.75, 3.05) is 0 Å². The minimum Gasteiger partial charge on any atom is -0.391 e. The van der Waals surface area contributed by atoms with Crippen molar-refractivity contribution in [2.24, 2.45) is 0 Å². The maximum Gasteiger partial charge on any atom is 0.119 e. The molecule has 0 aromatic heterocycles. The van der Waals surface area contributed by atoms with Crippen molar-refractivity contribution in [3.05, 3.63) is 97.4 Å². The molecule has 1 aliphatic heterocycles. The highest BCUT2D eigenvalue weighted by molar-refractivity contribution is 6.33. The van der Waals surface area contributed by atoms with Crippen molar-refractivity contribution in [1.29, 1.82) is 0 Å². The molecule has 124 valence electrons. The zero-order valence-electron chi connectivity index (χ0n) is 14.1. The summed E-state index contributed by atoms with van der Waals surface area (Å²) in [5.74, 6) is 0. The fraction of sp³-hybridized carbons (Fsp3) is 0. The first-order valence-corrected chi connectivity index (χ1v) is 8.70. The Balaban J connectivity index is 0.000000215. The van der Waals surface area contributed by atoms with E-state index in [-0.39, 0.29) is 0 Å². The Labute approximate surface area is 151 Å². The van der Waals surface area contributed by atoms with Crippen molar-refractivity contribution in [3.8, 4) is 0 Å². The van der Waals surface area contributed by atoms with Crippen molar-refractivity contribution in [2.45, 2.75) is 0 Å². The number of benzene rings is 5. The Bertz CT molecular complexity index is 1180. The third kappa shape index (κ3) is 2.27. The summed E-state index contributed by atoms with van der Waals surface area (Å²) < 4.78 is 0. The van der Waals surface area contributed by atoms with Gasteiger partial charge < -0.3 is 4.84 Å². The molecule has 0 saturated carbocycles. The zero-order valence-corrected chi connectivity index (χ0v) is 14.1. The summed E-state index contributed by atoms with van der Waals surface area (Å²) in [6.45, 7) is 0. The van der Waals surface area contributed by atoms with E-state index in [0.29, 0.717) is 0 Å². The second kappa shape index (κ2) is 6.08. The monoisotopic (exact) mass is 335 g/mol. The largest absolute Gasteiger partial charge is 0.391 e. The highest BCUT2D eigenvalue weighted by Crippen LogP contribution is 2.40. The van der Waals surface area contributed by atoms with E-state index < -0.39 is 0 Å². The highest BCUT2D eigenvalue weighted by Gasteiger charge is 2.11. The van der Waals surface area contributed by atoms with Crippen LogP contribution in [0.4, 0.5) is 0 Å². The van der Waals surface area contributed by atoms with E-state index in [9.17, 15) is 0 Å². The lowest BCUT2D eigenvalue weighted by Crippen LogP contribution is -2.01. The van der Waals surface area contributed by atoms with Gasteiger partial charge in [-0.05, 0) is 55.2 Å². The van der Waals surface area contributed by atoms with E-state index in [2.05, 4.69) is 83.1 Å². The summed E-state index contributed by atoms with van der Waals surface area (Å²) in [6.07, 6.45) is 6.93. The fourth-order valence-electron chi connectivity index (χ4n) is 3.82. The number of rotatable bonds is 0. The molecule has 2 nitrogen and oxygen atoms in total. The normalized spacial score (nSPS) is 12.9. The molecule has 1 heterocycles. The maximum absolute atomic E-state index is 4.55. The maximum atomic E-state index is 4.55. The molecule has 0 spiro atoms. The lowest BCUT2D eigenvalue weighted by Gasteiger charge is -2.14. The number of hydroxylamine groups is 1. The predicted molar refractivity (Wildman–Crippen MR) is 110 cm³/mol. The van der Waals surface area contributed by atoms with Crippen molar-refractivity contribution in [3.63, 3.8) is 0 Å². The molecule has 0 unspecified atom stereocenters. The molecule has 0 fully saturated rings. The van der Waals surface area contributed by atoms with Gasteiger partial charge in [0, 0.05) is 6.20 Å². The SMILES string of the molecule is C1=CNOC=C1.c1ccc2c(c1)c1cccc3ccc4cccc2c4c31. The molecule has 0 radical (unpaired) electrons. The standard InChI is InChI=1S/C20H12.C4H5NO/c1-2-8-16-15(7-1)17-9-3-5-13-11-12-14-6-4-10-18(16)20(14)19(13)17;1-2-4-6-5-3-1/h1-12H;1-5H. The van der Waals surface area contributed by atoms with Crippen LogP contribution in [0.1, 0.15) is 0 Å². The lowest BCUT2D eigenvalue weighted by molar-refractivity contribution is 0.172. The molecule has 0 bridgehead atoms. The summed E-state index contributed by atoms with van der Waals surface area (Å²) in [5, 5.41) is 10.9. The molecule has 6 rings (SSSR count). The molecule has 0 atom stereocenters. The Hall–Kier alpha value is -3.52. The van der Waals surface area contributed by atoms with E-state index >= 15 is 0 Å². The first kappa shape index (κ1) is 14.8. The predicted octanol–water partition coefficient (Wildman–Crippen LogP) is 6.29. The summed E-state index contributed by atoms with van der Waals surface area (Å²) in [7, 11) is 0. The minimum atomic E-state index is 1.33. The first-order valence-electron chi connectivity index (χ1n) is 8.70. The average Bonchev–Trinajstić information content (AvgIpc) is 2.74. The van der Waals surface area contributed by atoms with Crippen LogP contribution in [-0.4, -0.2) is 0 Å². The lowest BCUT2D eigenvalue weighted by atomic mass is 9.89. The number of fused-ring (bicyclic) bond motifs is 3. The van der Waals surface area contributed by atoms with Crippen LogP contribution in [0.3, 0.4) is 0 Å². The van der Waals surface area contributed by atoms with Crippen LogP contribution in [0.25, 0.3) is 43.1 Å². The van der Waals surface area contributed by atoms with Gasteiger partial charge >= 0.3 is 0 Å². The Morgan fingerprint density at radius 2 is 1.12 bits per heavy atom. The van der Waals surface area contributed by atoms with E-state index in [1.165, 1.54) is 43.1 Å². The van der Waals surface area contributed by atoms with Crippen molar-refractivity contribution < 1.29 is 4.84 Å². The molecule has 2 heteroatoms. The third-order valence-corrected chi connectivity index (χ3v) is 4.88. The quantitative estimate of drug-likeness (QED) is 0.265. The van der Waals surface area contributed by atoms with E-state index in [0.717, 1.165) is 0 Å². The molecular weight excluding hydrogens is 318 g/mol. The summed E-state index contributed by atoms with van der Waals surface area (Å²) in [6, 6.07) is 26.4. The number of nitrogens with one attached hydrogen (secondary N) is 1. The molecule has 0 aliphatic carbocycles. The van der Waals surface area contributed by atoms with Crippen LogP contribution in [0, 0.1) is 0 Å². The Morgan fingerprint density at radius 1 is 0.538 bits per heavy atom. The molecule has 1 N–H and O–H groups in total. The van der Waals surface area contributed by atoms with Gasteiger partial charge in [0.1, 0.15) is 6.26 Å². The second-order valence-corrected chi connectivity index (χ2v) is 6.34. The average molecular weight is 335 g/mol. The first-order chi connectivity index (χ1) is 12.9. The van der Waals surface area contributed by atoms with E-state index in [4.69, 9.17) is 0 Å². The topological polar surface area (TPSA) is 21.3 Å². The summed E-state index contributed by atoms with van der Waals surface area (Å²) in [4.78, 5) is 4.55. The molecule has 5 aromatic carbocycles. The van der Waals surface area contributed by atoms with Gasteiger partial charge in [-0.1, -0.05) is 72.8 Å². The van der Waals surface area contributed by atoms with Gasteiger partial charge in [-0.25, -0.2) is 5.48 Å². The van der Waals surface area contributed by atoms with Crippen molar-refractivity contribution in [1.82, 2.24) is 5.48 Å². The van der Waals surface area contributed by atoms with Crippen LogP contribution in [0.5, 0.6) is 0 Å². The summed E-state index contributed by atoms with van der Waals surface area (Å²) in [5.41, 5.74) is 2.52. The van der Waals surface area contributed by atoms with Gasteiger partial charge in [-0.3, -0.25) is 0 Å². The molecular formula is C24H17NO. The zero-order chi connectivity index (χ0) is 17.3. The van der Waals surface area contributed by atoms with Gasteiger partial charge in [0.25, 0.3) is 0 Å². The van der Waals surface area contributed by atoms with Crippen LogP contribution in [0.15, 0.2) is 97.4 Å². The molecule has 26 heavy (non-hydrogen) atoms. The molecule has 0 amide bonds. The van der Waals surface area contributed by atoms with Crippen LogP contribution in [-0.2, 0) is 4.84 Å². The van der Waals surface area contributed by atoms with Crippen LogP contribution < -0.4 is 5.48 Å². The van der Waals surface area contributed by atoms with Gasteiger partial charge in [0.2, 0.25) is 0 Å². The third-order valence-electron chi connectivity index (χ3n) is 4.88. The fourth-order valence-corrected chi connectivity index (χ4v) is 3.82. The molecule has 1 aliphatic rings. The van der Waals surface area contributed by atoms with E-state index in [1.54, 1.807) is 18.5 Å². The highest BCUT2D eigenvalue weighted by atomic mass is 16.6. The minimum absolute atomic E-state index is 1.33. The summed E-state index contributed by atoms with van der Waals surface area (Å²) >= 11 is 0. The Morgan fingerprint density at radius 3 is 1.54 bits per heavy atom. The number of hydrogen-bond acceptors (Lipinski definition) is 2. The Kier molecular flexibility index (Phi) is 3.46. The van der Waals surface area contributed by atoms with Crippen LogP contribution in [0.2, 0.25) is 0 Å². The van der Waals surface area contributed by atoms with Gasteiger partial charge in [-0.15, -0.1) is 0 Å². The van der Waals surface area contributed by atoms with E-state index in [1.807, 2.05) is 6.08 Å². The van der Waals surface area contributed by atoms with Gasteiger partial charge in [-0.2, -0.15) is 0 Å². The molecule has 5 aromatic rings. The second-order valence-electron chi connectivity index (χ2n) is 6.34. The number of allylic oxidation sites excluding steroid dienone is 2. The van der Waals surface area contributed by atoms with Gasteiger partial charge in [0.15, 0.2) is 0 Å². The van der Waals surface area contributed by atoms with Crippen LogP contribution >= 0.6 is 0 Å². The smallest absolute Gasteiger partial charge is 0.119 e. The molecule has 0 saturated heterocycles. The number of hydrogen-bond donors (Lipinski definition) is 1.